The second-order valence-electron chi connectivity index (χ2n) is 4.61. The van der Waals surface area contributed by atoms with Crippen LogP contribution >= 0.6 is 12.4 Å². The Balaban J connectivity index is 0.00000196. The van der Waals surface area contributed by atoms with Crippen molar-refractivity contribution >= 4 is 18.4 Å². The molecule has 1 unspecified atom stereocenters. The first-order valence-electron chi connectivity index (χ1n) is 5.55. The van der Waals surface area contributed by atoms with E-state index in [9.17, 15) is 4.79 Å². The molecule has 0 spiro atoms. The molecule has 0 heterocycles. The summed E-state index contributed by atoms with van der Waals surface area (Å²) in [7, 11) is 0. The zero-order valence-corrected chi connectivity index (χ0v) is 10.1. The van der Waals surface area contributed by atoms with E-state index in [1.807, 2.05) is 0 Å². The van der Waals surface area contributed by atoms with Crippen LogP contribution in [-0.4, -0.2) is 17.6 Å². The molecule has 0 aromatic heterocycles. The van der Waals surface area contributed by atoms with Gasteiger partial charge in [0.25, 0.3) is 0 Å². The molecule has 90 valence electrons. The average Bonchev–Trinajstić information content (AvgIpc) is 2.15. The number of nitrogens with two attached hydrogens (primary N) is 1. The standard InChI is InChI=1S/C11H21NO2.ClH/c1-8-2-4-9(5-3-8)10(7-12)6-11(13)14;/h8-10H,2-7,12H2,1H3,(H,13,14);1H. The fourth-order valence-corrected chi connectivity index (χ4v) is 2.42. The quantitative estimate of drug-likeness (QED) is 0.786. The molecule has 4 heteroatoms. The van der Waals surface area contributed by atoms with Crippen LogP contribution in [0.4, 0.5) is 0 Å². The molecule has 0 aromatic rings. The van der Waals surface area contributed by atoms with Crippen molar-refractivity contribution in [1.82, 2.24) is 0 Å². The Hall–Kier alpha value is -0.280. The van der Waals surface area contributed by atoms with E-state index in [1.165, 1.54) is 12.8 Å². The SMILES string of the molecule is CC1CCC(C(CN)CC(=O)O)CC1.Cl. The predicted octanol–water partition coefficient (Wildman–Crippen LogP) is 2.28. The smallest absolute Gasteiger partial charge is 0.303 e. The lowest BCUT2D eigenvalue weighted by Gasteiger charge is -2.31. The molecule has 1 fully saturated rings. The van der Waals surface area contributed by atoms with E-state index in [0.717, 1.165) is 18.8 Å². The molecule has 0 aliphatic heterocycles. The van der Waals surface area contributed by atoms with Gasteiger partial charge in [-0.05, 0) is 37.1 Å². The molecular formula is C11H22ClNO2. The molecule has 1 aliphatic carbocycles. The van der Waals surface area contributed by atoms with Gasteiger partial charge in [0.05, 0.1) is 0 Å². The number of hydrogen-bond donors (Lipinski definition) is 2. The van der Waals surface area contributed by atoms with Gasteiger partial charge in [-0.1, -0.05) is 19.8 Å². The van der Waals surface area contributed by atoms with E-state index in [4.69, 9.17) is 10.8 Å². The van der Waals surface area contributed by atoms with Gasteiger partial charge < -0.3 is 10.8 Å². The maximum Gasteiger partial charge on any atom is 0.303 e. The zero-order valence-electron chi connectivity index (χ0n) is 9.32. The van der Waals surface area contributed by atoms with Crippen molar-refractivity contribution in [3.8, 4) is 0 Å². The highest BCUT2D eigenvalue weighted by atomic mass is 35.5. The van der Waals surface area contributed by atoms with E-state index in [2.05, 4.69) is 6.92 Å². The number of aliphatic carboxylic acids is 1. The molecule has 0 saturated heterocycles. The maximum absolute atomic E-state index is 10.6. The molecule has 0 bridgehead atoms. The highest BCUT2D eigenvalue weighted by molar-refractivity contribution is 5.85. The number of halogens is 1. The number of hydrogen-bond acceptors (Lipinski definition) is 2. The van der Waals surface area contributed by atoms with Gasteiger partial charge in [-0.15, -0.1) is 12.4 Å². The van der Waals surface area contributed by atoms with E-state index in [-0.39, 0.29) is 24.7 Å². The van der Waals surface area contributed by atoms with Gasteiger partial charge in [-0.25, -0.2) is 0 Å². The summed E-state index contributed by atoms with van der Waals surface area (Å²) in [6.45, 7) is 2.79. The van der Waals surface area contributed by atoms with Crippen molar-refractivity contribution in [1.29, 1.82) is 0 Å². The zero-order chi connectivity index (χ0) is 10.6. The lowest BCUT2D eigenvalue weighted by molar-refractivity contribution is -0.138. The van der Waals surface area contributed by atoms with Crippen molar-refractivity contribution in [3.63, 3.8) is 0 Å². The molecule has 3 nitrogen and oxygen atoms in total. The number of rotatable bonds is 4. The highest BCUT2D eigenvalue weighted by Gasteiger charge is 2.26. The van der Waals surface area contributed by atoms with E-state index in [0.29, 0.717) is 12.5 Å². The average molecular weight is 236 g/mol. The largest absolute Gasteiger partial charge is 0.481 e. The van der Waals surface area contributed by atoms with Crippen LogP contribution in [0, 0.1) is 17.8 Å². The van der Waals surface area contributed by atoms with Crippen molar-refractivity contribution in [2.45, 2.75) is 39.0 Å². The second-order valence-corrected chi connectivity index (χ2v) is 4.61. The maximum atomic E-state index is 10.6. The topological polar surface area (TPSA) is 63.3 Å². The summed E-state index contributed by atoms with van der Waals surface area (Å²) < 4.78 is 0. The lowest BCUT2D eigenvalue weighted by Crippen LogP contribution is -2.28. The van der Waals surface area contributed by atoms with Gasteiger partial charge in [0, 0.05) is 6.42 Å². The van der Waals surface area contributed by atoms with Gasteiger partial charge in [0.2, 0.25) is 0 Å². The van der Waals surface area contributed by atoms with Gasteiger partial charge in [-0.3, -0.25) is 4.79 Å². The summed E-state index contributed by atoms with van der Waals surface area (Å²) >= 11 is 0. The summed E-state index contributed by atoms with van der Waals surface area (Å²) in [4.78, 5) is 10.6. The van der Waals surface area contributed by atoms with Crippen LogP contribution in [0.3, 0.4) is 0 Å². The molecule has 0 amide bonds. The molecular weight excluding hydrogens is 214 g/mol. The Kier molecular flexibility index (Phi) is 6.94. The van der Waals surface area contributed by atoms with E-state index < -0.39 is 5.97 Å². The first-order chi connectivity index (χ1) is 6.63. The fraction of sp³-hybridized carbons (Fsp3) is 0.909. The number of carbonyl (C=O) groups is 1. The van der Waals surface area contributed by atoms with Crippen LogP contribution in [-0.2, 0) is 4.79 Å². The minimum atomic E-state index is -0.709. The lowest BCUT2D eigenvalue weighted by atomic mass is 9.75. The van der Waals surface area contributed by atoms with E-state index in [1.54, 1.807) is 0 Å². The van der Waals surface area contributed by atoms with Gasteiger partial charge in [0.1, 0.15) is 0 Å². The summed E-state index contributed by atoms with van der Waals surface area (Å²) in [5, 5.41) is 8.74. The number of carboxylic acids is 1. The Bertz CT molecular complexity index is 191. The molecule has 0 radical (unpaired) electrons. The Morgan fingerprint density at radius 2 is 1.93 bits per heavy atom. The Labute approximate surface area is 97.8 Å². The van der Waals surface area contributed by atoms with Crippen molar-refractivity contribution in [2.24, 2.45) is 23.5 Å². The summed E-state index contributed by atoms with van der Waals surface area (Å²) in [6, 6.07) is 0. The first kappa shape index (κ1) is 14.7. The summed E-state index contributed by atoms with van der Waals surface area (Å²) in [5.41, 5.74) is 5.62. The molecule has 15 heavy (non-hydrogen) atoms. The first-order valence-corrected chi connectivity index (χ1v) is 5.55. The molecule has 1 rings (SSSR count). The van der Waals surface area contributed by atoms with Crippen LogP contribution in [0.1, 0.15) is 39.0 Å². The van der Waals surface area contributed by atoms with Crippen LogP contribution in [0.25, 0.3) is 0 Å². The van der Waals surface area contributed by atoms with Crippen LogP contribution < -0.4 is 5.73 Å². The normalized spacial score (nSPS) is 27.9. The predicted molar refractivity (Wildman–Crippen MR) is 63.2 cm³/mol. The molecule has 1 aliphatic rings. The third kappa shape index (κ3) is 4.85. The molecule has 1 atom stereocenters. The monoisotopic (exact) mass is 235 g/mol. The van der Waals surface area contributed by atoms with Gasteiger partial charge >= 0.3 is 5.97 Å². The second kappa shape index (κ2) is 7.07. The van der Waals surface area contributed by atoms with Crippen molar-refractivity contribution in [2.75, 3.05) is 6.54 Å². The van der Waals surface area contributed by atoms with Gasteiger partial charge in [-0.2, -0.15) is 0 Å². The summed E-state index contributed by atoms with van der Waals surface area (Å²) in [5.74, 6) is 0.848. The summed E-state index contributed by atoms with van der Waals surface area (Å²) in [6.07, 6.45) is 5.05. The molecule has 1 saturated carbocycles. The van der Waals surface area contributed by atoms with Crippen LogP contribution in [0.15, 0.2) is 0 Å². The van der Waals surface area contributed by atoms with Crippen LogP contribution in [0.2, 0.25) is 0 Å². The minimum Gasteiger partial charge on any atom is -0.481 e. The van der Waals surface area contributed by atoms with Crippen LogP contribution in [0.5, 0.6) is 0 Å². The molecule has 0 aromatic carbocycles. The molecule has 3 N–H and O–H groups in total. The third-order valence-corrected chi connectivity index (χ3v) is 3.47. The van der Waals surface area contributed by atoms with Crippen molar-refractivity contribution in [3.05, 3.63) is 0 Å². The van der Waals surface area contributed by atoms with E-state index >= 15 is 0 Å². The third-order valence-electron chi connectivity index (χ3n) is 3.47. The van der Waals surface area contributed by atoms with Gasteiger partial charge in [0.15, 0.2) is 0 Å². The fourth-order valence-electron chi connectivity index (χ4n) is 2.42. The Morgan fingerprint density at radius 3 is 2.33 bits per heavy atom. The van der Waals surface area contributed by atoms with Crippen molar-refractivity contribution < 1.29 is 9.90 Å². The Morgan fingerprint density at radius 1 is 1.40 bits per heavy atom. The number of carboxylic acid groups (broad SMARTS) is 1. The highest BCUT2D eigenvalue weighted by Crippen LogP contribution is 2.34. The minimum absolute atomic E-state index is 0.